The van der Waals surface area contributed by atoms with E-state index >= 15 is 0 Å². The van der Waals surface area contributed by atoms with E-state index in [0.717, 1.165) is 6.42 Å². The van der Waals surface area contributed by atoms with Crippen LogP contribution in [-0.2, 0) is 4.79 Å². The van der Waals surface area contributed by atoms with Crippen LogP contribution in [0.5, 0.6) is 0 Å². The van der Waals surface area contributed by atoms with E-state index < -0.39 is 11.9 Å². The first-order chi connectivity index (χ1) is 7.20. The van der Waals surface area contributed by atoms with Crippen LogP contribution in [0.2, 0.25) is 0 Å². The second-order valence-corrected chi connectivity index (χ2v) is 4.15. The molecule has 5 nitrogen and oxygen atoms in total. The molecule has 0 saturated carbocycles. The summed E-state index contributed by atoms with van der Waals surface area (Å²) >= 11 is 1.36. The second kappa shape index (κ2) is 3.98. The highest BCUT2D eigenvalue weighted by molar-refractivity contribution is 7.07. The lowest BCUT2D eigenvalue weighted by molar-refractivity contribution is -0.121. The summed E-state index contributed by atoms with van der Waals surface area (Å²) in [5.41, 5.74) is 7.22. The number of aromatic nitrogens is 1. The van der Waals surface area contributed by atoms with Gasteiger partial charge >= 0.3 is 0 Å². The molecule has 1 saturated heterocycles. The molecular weight excluding hydrogens is 214 g/mol. The summed E-state index contributed by atoms with van der Waals surface area (Å²) in [5, 5.41) is 1.68. The first kappa shape index (κ1) is 10.1. The van der Waals surface area contributed by atoms with Gasteiger partial charge in [-0.25, -0.2) is 4.98 Å². The molecule has 1 unspecified atom stereocenters. The van der Waals surface area contributed by atoms with Crippen LogP contribution in [0.4, 0.5) is 0 Å². The molecular formula is C9H11N3O2S. The molecule has 1 aliphatic rings. The van der Waals surface area contributed by atoms with Crippen LogP contribution in [0.1, 0.15) is 23.3 Å². The lowest BCUT2D eigenvalue weighted by Gasteiger charge is -2.20. The van der Waals surface area contributed by atoms with Crippen molar-refractivity contribution in [3.63, 3.8) is 0 Å². The van der Waals surface area contributed by atoms with E-state index in [9.17, 15) is 9.59 Å². The van der Waals surface area contributed by atoms with Gasteiger partial charge < -0.3 is 10.6 Å². The number of nitrogens with two attached hydrogens (primary N) is 1. The van der Waals surface area contributed by atoms with Crippen molar-refractivity contribution in [1.82, 2.24) is 9.88 Å². The van der Waals surface area contributed by atoms with Gasteiger partial charge in [0.15, 0.2) is 0 Å². The Morgan fingerprint density at radius 2 is 2.40 bits per heavy atom. The molecule has 2 rings (SSSR count). The van der Waals surface area contributed by atoms with E-state index in [4.69, 9.17) is 5.73 Å². The molecule has 0 aliphatic carbocycles. The van der Waals surface area contributed by atoms with Gasteiger partial charge in [-0.2, -0.15) is 0 Å². The molecule has 1 fully saturated rings. The van der Waals surface area contributed by atoms with Gasteiger partial charge in [-0.3, -0.25) is 9.59 Å². The van der Waals surface area contributed by atoms with Gasteiger partial charge in [0, 0.05) is 11.9 Å². The Morgan fingerprint density at radius 1 is 1.60 bits per heavy atom. The highest BCUT2D eigenvalue weighted by Crippen LogP contribution is 2.19. The Kier molecular flexibility index (Phi) is 2.68. The average Bonchev–Trinajstić information content (AvgIpc) is 2.88. The fourth-order valence-electron chi connectivity index (χ4n) is 1.77. The fourth-order valence-corrected chi connectivity index (χ4v) is 2.30. The molecule has 0 aromatic carbocycles. The number of rotatable bonds is 2. The third-order valence-corrected chi connectivity index (χ3v) is 3.08. The molecule has 15 heavy (non-hydrogen) atoms. The molecule has 1 aromatic heterocycles. The van der Waals surface area contributed by atoms with Crippen LogP contribution in [0, 0.1) is 0 Å². The highest BCUT2D eigenvalue weighted by atomic mass is 32.1. The topological polar surface area (TPSA) is 76.3 Å². The number of hydrogen-bond donors (Lipinski definition) is 1. The molecule has 1 aromatic rings. The molecule has 80 valence electrons. The maximum atomic E-state index is 11.9. The number of likely N-dealkylation sites (tertiary alicyclic amines) is 1. The predicted octanol–water partition coefficient (Wildman–Crippen LogP) is 0.233. The van der Waals surface area contributed by atoms with Gasteiger partial charge in [-0.15, -0.1) is 11.3 Å². The Morgan fingerprint density at radius 3 is 3.00 bits per heavy atom. The minimum atomic E-state index is -0.459. The summed E-state index contributed by atoms with van der Waals surface area (Å²) in [6.45, 7) is 0.587. The lowest BCUT2D eigenvalue weighted by atomic mass is 10.2. The van der Waals surface area contributed by atoms with Crippen molar-refractivity contribution >= 4 is 23.2 Å². The van der Waals surface area contributed by atoms with Gasteiger partial charge in [-0.05, 0) is 12.8 Å². The largest absolute Gasteiger partial charge is 0.368 e. The zero-order valence-electron chi connectivity index (χ0n) is 8.05. The molecule has 2 heterocycles. The summed E-state index contributed by atoms with van der Waals surface area (Å²) in [6.07, 6.45) is 1.48. The number of carbonyl (C=O) groups excluding carboxylic acids is 2. The molecule has 2 N–H and O–H groups in total. The Labute approximate surface area is 90.9 Å². The maximum absolute atomic E-state index is 11.9. The smallest absolute Gasteiger partial charge is 0.274 e. The van der Waals surface area contributed by atoms with Crippen molar-refractivity contribution in [2.24, 2.45) is 5.73 Å². The summed E-state index contributed by atoms with van der Waals surface area (Å²) in [5.74, 6) is -0.631. The zero-order chi connectivity index (χ0) is 10.8. The number of amides is 2. The average molecular weight is 225 g/mol. The van der Waals surface area contributed by atoms with Gasteiger partial charge in [0.05, 0.1) is 5.51 Å². The first-order valence-corrected chi connectivity index (χ1v) is 5.63. The van der Waals surface area contributed by atoms with Crippen LogP contribution >= 0.6 is 11.3 Å². The zero-order valence-corrected chi connectivity index (χ0v) is 8.87. The van der Waals surface area contributed by atoms with E-state index in [-0.39, 0.29) is 5.91 Å². The fraction of sp³-hybridized carbons (Fsp3) is 0.444. The van der Waals surface area contributed by atoms with Gasteiger partial charge in [0.2, 0.25) is 5.91 Å². The first-order valence-electron chi connectivity index (χ1n) is 4.68. The van der Waals surface area contributed by atoms with Crippen molar-refractivity contribution in [3.05, 3.63) is 16.6 Å². The van der Waals surface area contributed by atoms with Crippen LogP contribution in [0.25, 0.3) is 0 Å². The standard InChI is InChI=1S/C9H11N3O2S/c10-8(13)7-2-1-3-12(7)9(14)6-4-15-5-11-6/h4-5,7H,1-3H2,(H2,10,13). The monoisotopic (exact) mass is 225 g/mol. The van der Waals surface area contributed by atoms with Crippen molar-refractivity contribution in [2.45, 2.75) is 18.9 Å². The Bertz CT molecular complexity index is 377. The van der Waals surface area contributed by atoms with E-state index in [0.29, 0.717) is 18.7 Å². The molecule has 6 heteroatoms. The predicted molar refractivity (Wildman–Crippen MR) is 55.4 cm³/mol. The van der Waals surface area contributed by atoms with E-state index in [2.05, 4.69) is 4.98 Å². The van der Waals surface area contributed by atoms with Gasteiger partial charge in [-0.1, -0.05) is 0 Å². The number of hydrogen-bond acceptors (Lipinski definition) is 4. The molecule has 1 aliphatic heterocycles. The Balaban J connectivity index is 2.17. The van der Waals surface area contributed by atoms with Crippen molar-refractivity contribution < 1.29 is 9.59 Å². The van der Waals surface area contributed by atoms with Crippen LogP contribution < -0.4 is 5.73 Å². The minimum absolute atomic E-state index is 0.197. The number of nitrogens with zero attached hydrogens (tertiary/aromatic N) is 2. The van der Waals surface area contributed by atoms with Crippen LogP contribution in [0.3, 0.4) is 0 Å². The van der Waals surface area contributed by atoms with E-state index in [1.54, 1.807) is 10.9 Å². The number of thiazole rings is 1. The van der Waals surface area contributed by atoms with Gasteiger partial charge in [0.25, 0.3) is 5.91 Å². The SMILES string of the molecule is NC(=O)C1CCCN1C(=O)c1cscn1. The van der Waals surface area contributed by atoms with E-state index in [1.807, 2.05) is 0 Å². The highest BCUT2D eigenvalue weighted by Gasteiger charge is 2.33. The molecule has 0 spiro atoms. The van der Waals surface area contributed by atoms with Crippen LogP contribution in [0.15, 0.2) is 10.9 Å². The van der Waals surface area contributed by atoms with Crippen molar-refractivity contribution in [3.8, 4) is 0 Å². The normalized spacial score (nSPS) is 20.5. The van der Waals surface area contributed by atoms with E-state index in [1.165, 1.54) is 16.2 Å². The number of primary amides is 1. The third-order valence-electron chi connectivity index (χ3n) is 2.49. The maximum Gasteiger partial charge on any atom is 0.274 e. The van der Waals surface area contributed by atoms with Crippen molar-refractivity contribution in [2.75, 3.05) is 6.54 Å². The molecule has 1 atom stereocenters. The van der Waals surface area contributed by atoms with Gasteiger partial charge in [0.1, 0.15) is 11.7 Å². The lowest BCUT2D eigenvalue weighted by Crippen LogP contribution is -2.43. The summed E-state index contributed by atoms with van der Waals surface area (Å²) in [7, 11) is 0. The van der Waals surface area contributed by atoms with Crippen LogP contribution in [-0.4, -0.2) is 34.3 Å². The second-order valence-electron chi connectivity index (χ2n) is 3.43. The molecule has 2 amide bonds. The number of carbonyl (C=O) groups is 2. The van der Waals surface area contributed by atoms with Crippen molar-refractivity contribution in [1.29, 1.82) is 0 Å². The summed E-state index contributed by atoms with van der Waals surface area (Å²) in [6, 6.07) is -0.459. The Hall–Kier alpha value is -1.43. The molecule has 0 bridgehead atoms. The summed E-state index contributed by atoms with van der Waals surface area (Å²) in [4.78, 5) is 28.4. The summed E-state index contributed by atoms with van der Waals surface area (Å²) < 4.78 is 0. The third kappa shape index (κ3) is 1.85. The minimum Gasteiger partial charge on any atom is -0.368 e. The quantitative estimate of drug-likeness (QED) is 0.783. The molecule has 0 radical (unpaired) electrons.